The smallest absolute Gasteiger partial charge is 0.277 e. The summed E-state index contributed by atoms with van der Waals surface area (Å²) in [4.78, 5) is 12.3. The summed E-state index contributed by atoms with van der Waals surface area (Å²) in [7, 11) is -0.877. The molecule has 12 heteroatoms. The quantitative estimate of drug-likeness (QED) is 0.526. The second kappa shape index (κ2) is 9.13. The molecule has 0 fully saturated rings. The number of nitrogens with zero attached hydrogens (tertiary/aromatic N) is 3. The minimum atomic E-state index is -3.68. The van der Waals surface area contributed by atoms with E-state index in [0.29, 0.717) is 0 Å². The van der Waals surface area contributed by atoms with Crippen LogP contribution in [0.5, 0.6) is 0 Å². The molecule has 0 aliphatic carbocycles. The van der Waals surface area contributed by atoms with Gasteiger partial charge >= 0.3 is 0 Å². The van der Waals surface area contributed by atoms with Crippen LogP contribution in [0.1, 0.15) is 0 Å². The van der Waals surface area contributed by atoms with Crippen LogP contribution < -0.4 is 5.32 Å². The summed E-state index contributed by atoms with van der Waals surface area (Å²) in [6, 6.07) is 9.97. The van der Waals surface area contributed by atoms with E-state index in [2.05, 4.69) is 15.5 Å². The molecule has 1 amide bonds. The van der Waals surface area contributed by atoms with E-state index in [1.165, 1.54) is 44.4 Å². The predicted molar refractivity (Wildman–Crippen MR) is 111 cm³/mol. The summed E-state index contributed by atoms with van der Waals surface area (Å²) in [5.74, 6) is -1.08. The number of thioether (sulfide) groups is 1. The van der Waals surface area contributed by atoms with Crippen molar-refractivity contribution < 1.29 is 22.0 Å². The lowest BCUT2D eigenvalue weighted by molar-refractivity contribution is -0.113. The Bertz CT molecular complexity index is 1180. The van der Waals surface area contributed by atoms with E-state index in [0.717, 1.165) is 16.1 Å². The van der Waals surface area contributed by atoms with Crippen LogP contribution in [0.15, 0.2) is 57.0 Å². The molecule has 30 heavy (non-hydrogen) atoms. The molecule has 0 bridgehead atoms. The number of aromatic nitrogens is 2. The van der Waals surface area contributed by atoms with Crippen molar-refractivity contribution in [1.29, 1.82) is 0 Å². The van der Waals surface area contributed by atoms with E-state index >= 15 is 0 Å². The second-order valence-corrected chi connectivity index (χ2v) is 9.60. The Labute approximate surface area is 181 Å². The van der Waals surface area contributed by atoms with Crippen molar-refractivity contribution in [2.24, 2.45) is 0 Å². The summed E-state index contributed by atoms with van der Waals surface area (Å²) in [6.07, 6.45) is 0. The largest absolute Gasteiger partial charge is 0.411 e. The fourth-order valence-electron chi connectivity index (χ4n) is 2.30. The molecule has 0 aliphatic rings. The zero-order valence-corrected chi connectivity index (χ0v) is 18.2. The Morgan fingerprint density at radius 1 is 1.23 bits per heavy atom. The van der Waals surface area contributed by atoms with Crippen molar-refractivity contribution in [3.63, 3.8) is 0 Å². The molecule has 8 nitrogen and oxygen atoms in total. The molecule has 2 aromatic carbocycles. The van der Waals surface area contributed by atoms with Crippen LogP contribution in [0.25, 0.3) is 11.5 Å². The van der Waals surface area contributed by atoms with Gasteiger partial charge in [-0.25, -0.2) is 17.1 Å². The number of benzene rings is 2. The molecular formula is C18H16ClFN4O4S2. The van der Waals surface area contributed by atoms with Gasteiger partial charge in [-0.05, 0) is 30.3 Å². The first-order valence-corrected chi connectivity index (χ1v) is 11.2. The summed E-state index contributed by atoms with van der Waals surface area (Å²) in [6.45, 7) is 0. The van der Waals surface area contributed by atoms with E-state index in [1.54, 1.807) is 12.1 Å². The molecule has 1 N–H and O–H groups in total. The first kappa shape index (κ1) is 22.2. The molecule has 0 aliphatic heterocycles. The average Bonchev–Trinajstić information content (AvgIpc) is 3.17. The molecule has 1 aromatic heterocycles. The van der Waals surface area contributed by atoms with Gasteiger partial charge in [0.1, 0.15) is 5.82 Å². The van der Waals surface area contributed by atoms with Crippen LogP contribution in [-0.2, 0) is 14.8 Å². The molecule has 0 radical (unpaired) electrons. The third kappa shape index (κ3) is 4.98. The second-order valence-electron chi connectivity index (χ2n) is 6.12. The number of hydrogen-bond donors (Lipinski definition) is 1. The lowest BCUT2D eigenvalue weighted by Gasteiger charge is -2.13. The number of hydrogen-bond acceptors (Lipinski definition) is 7. The number of nitrogens with one attached hydrogen (secondary N) is 1. The molecule has 3 rings (SSSR count). The van der Waals surface area contributed by atoms with Crippen molar-refractivity contribution in [3.05, 3.63) is 53.3 Å². The first-order chi connectivity index (χ1) is 14.2. The predicted octanol–water partition coefficient (Wildman–Crippen LogP) is 3.51. The van der Waals surface area contributed by atoms with Gasteiger partial charge in [0.15, 0.2) is 0 Å². The third-order valence-corrected chi connectivity index (χ3v) is 6.79. The molecule has 1 heterocycles. The standard InChI is InChI=1S/C18H16ClFN4O4S2/c1-24(2)30(26,27)11-7-8-13(19)15(9-11)21-16(25)10-29-18-23-22-17(28-18)12-5-3-4-6-14(12)20/h3-9H,10H2,1-2H3,(H,21,25). The SMILES string of the molecule is CN(C)S(=O)(=O)c1ccc(Cl)c(NC(=O)CSc2nnc(-c3ccccc3F)o2)c1. The molecule has 0 unspecified atom stereocenters. The van der Waals surface area contributed by atoms with E-state index in [9.17, 15) is 17.6 Å². The summed E-state index contributed by atoms with van der Waals surface area (Å²) < 4.78 is 44.7. The van der Waals surface area contributed by atoms with E-state index < -0.39 is 21.7 Å². The summed E-state index contributed by atoms with van der Waals surface area (Å²) in [5, 5.41) is 10.4. The van der Waals surface area contributed by atoms with Gasteiger partial charge in [0, 0.05) is 14.1 Å². The fraction of sp³-hybridized carbons (Fsp3) is 0.167. The van der Waals surface area contributed by atoms with Gasteiger partial charge in [-0.3, -0.25) is 4.79 Å². The van der Waals surface area contributed by atoms with Crippen LogP contribution in [0, 0.1) is 5.82 Å². The number of sulfonamides is 1. The van der Waals surface area contributed by atoms with Gasteiger partial charge in [-0.1, -0.05) is 35.5 Å². The lowest BCUT2D eigenvalue weighted by Crippen LogP contribution is -2.22. The zero-order valence-electron chi connectivity index (χ0n) is 15.8. The maximum absolute atomic E-state index is 13.8. The van der Waals surface area contributed by atoms with Gasteiger partial charge < -0.3 is 9.73 Å². The minimum absolute atomic E-state index is 0.000598. The van der Waals surface area contributed by atoms with E-state index in [1.807, 2.05) is 0 Å². The van der Waals surface area contributed by atoms with Gasteiger partial charge in [0.05, 0.1) is 26.9 Å². The molecule has 0 saturated carbocycles. The van der Waals surface area contributed by atoms with Crippen LogP contribution in [-0.4, -0.2) is 48.7 Å². The molecule has 0 atom stereocenters. The van der Waals surface area contributed by atoms with Crippen LogP contribution in [0.3, 0.4) is 0 Å². The molecule has 158 valence electrons. The van der Waals surface area contributed by atoms with Crippen molar-refractivity contribution >= 4 is 45.0 Å². The van der Waals surface area contributed by atoms with Crippen LogP contribution in [0.4, 0.5) is 10.1 Å². The topological polar surface area (TPSA) is 105 Å². The van der Waals surface area contributed by atoms with Gasteiger partial charge in [-0.15, -0.1) is 10.2 Å². The Hall–Kier alpha value is -2.47. The monoisotopic (exact) mass is 470 g/mol. The number of halogens is 2. The Kier molecular flexibility index (Phi) is 6.76. The van der Waals surface area contributed by atoms with Crippen molar-refractivity contribution in [1.82, 2.24) is 14.5 Å². The van der Waals surface area contributed by atoms with Gasteiger partial charge in [0.2, 0.25) is 15.9 Å². The Balaban J connectivity index is 1.67. The first-order valence-electron chi connectivity index (χ1n) is 8.41. The average molecular weight is 471 g/mol. The Morgan fingerprint density at radius 2 is 1.97 bits per heavy atom. The highest BCUT2D eigenvalue weighted by Gasteiger charge is 2.19. The summed E-state index contributed by atoms with van der Waals surface area (Å²) >= 11 is 7.01. The lowest BCUT2D eigenvalue weighted by atomic mass is 10.2. The van der Waals surface area contributed by atoms with Crippen LogP contribution >= 0.6 is 23.4 Å². The highest BCUT2D eigenvalue weighted by molar-refractivity contribution is 7.99. The number of carbonyl (C=O) groups is 1. The third-order valence-electron chi connectivity index (χ3n) is 3.83. The molecular weight excluding hydrogens is 455 g/mol. The highest BCUT2D eigenvalue weighted by Crippen LogP contribution is 2.28. The number of rotatable bonds is 7. The molecule has 3 aromatic rings. The van der Waals surface area contributed by atoms with Gasteiger partial charge in [0.25, 0.3) is 11.1 Å². The van der Waals surface area contributed by atoms with Gasteiger partial charge in [-0.2, -0.15) is 0 Å². The normalized spacial score (nSPS) is 11.6. The number of carbonyl (C=O) groups excluding carboxylic acids is 1. The number of anilines is 1. The molecule has 0 spiro atoms. The van der Waals surface area contributed by atoms with Crippen molar-refractivity contribution in [3.8, 4) is 11.5 Å². The summed E-state index contributed by atoms with van der Waals surface area (Å²) in [5.41, 5.74) is 0.315. The minimum Gasteiger partial charge on any atom is -0.411 e. The number of amides is 1. The van der Waals surface area contributed by atoms with Crippen molar-refractivity contribution in [2.75, 3.05) is 25.2 Å². The zero-order chi connectivity index (χ0) is 21.9. The van der Waals surface area contributed by atoms with Crippen LogP contribution in [0.2, 0.25) is 5.02 Å². The van der Waals surface area contributed by atoms with E-state index in [4.69, 9.17) is 16.0 Å². The maximum atomic E-state index is 13.8. The van der Waals surface area contributed by atoms with E-state index in [-0.39, 0.29) is 38.0 Å². The fourth-order valence-corrected chi connectivity index (χ4v) is 3.95. The van der Waals surface area contributed by atoms with Crippen molar-refractivity contribution in [2.45, 2.75) is 10.1 Å². The molecule has 0 saturated heterocycles. The maximum Gasteiger partial charge on any atom is 0.277 e. The highest BCUT2D eigenvalue weighted by atomic mass is 35.5. The Morgan fingerprint density at radius 3 is 2.67 bits per heavy atom.